The Morgan fingerprint density at radius 1 is 1.37 bits per heavy atom. The van der Waals surface area contributed by atoms with Crippen molar-refractivity contribution in [2.45, 2.75) is 39.2 Å². The third-order valence-corrected chi connectivity index (χ3v) is 3.47. The Labute approximate surface area is 111 Å². The minimum absolute atomic E-state index is 0.0194. The van der Waals surface area contributed by atoms with E-state index in [2.05, 4.69) is 10.3 Å². The molecule has 1 aliphatic rings. The Kier molecular flexibility index (Phi) is 3.82. The van der Waals surface area contributed by atoms with Gasteiger partial charge in [-0.25, -0.2) is 9.48 Å². The van der Waals surface area contributed by atoms with Crippen LogP contribution in [0.2, 0.25) is 0 Å². The normalized spacial score (nSPS) is 16.6. The number of aromatic carboxylic acids is 1. The quantitative estimate of drug-likeness (QED) is 0.867. The minimum atomic E-state index is -1.11. The highest BCUT2D eigenvalue weighted by Gasteiger charge is 2.28. The van der Waals surface area contributed by atoms with Gasteiger partial charge in [-0.3, -0.25) is 4.79 Å². The largest absolute Gasteiger partial charge is 0.476 e. The second kappa shape index (κ2) is 5.38. The van der Waals surface area contributed by atoms with Gasteiger partial charge in [-0.1, -0.05) is 12.1 Å². The first-order valence-corrected chi connectivity index (χ1v) is 6.52. The van der Waals surface area contributed by atoms with E-state index in [0.29, 0.717) is 12.1 Å². The van der Waals surface area contributed by atoms with Crippen molar-refractivity contribution in [2.75, 3.05) is 13.1 Å². The molecule has 1 aromatic rings. The van der Waals surface area contributed by atoms with Gasteiger partial charge in [0.05, 0.1) is 5.69 Å². The lowest BCUT2D eigenvalue weighted by Crippen LogP contribution is -2.35. The molecule has 7 nitrogen and oxygen atoms in total. The van der Waals surface area contributed by atoms with Gasteiger partial charge in [-0.15, -0.1) is 5.10 Å². The van der Waals surface area contributed by atoms with Gasteiger partial charge in [0.25, 0.3) is 0 Å². The zero-order valence-corrected chi connectivity index (χ0v) is 11.2. The fraction of sp³-hybridized carbons (Fsp3) is 0.667. The maximum atomic E-state index is 12.3. The average molecular weight is 266 g/mol. The van der Waals surface area contributed by atoms with E-state index in [9.17, 15) is 9.59 Å². The number of likely N-dealkylation sites (tertiary alicyclic amines) is 1. The molecule has 1 N–H and O–H groups in total. The van der Waals surface area contributed by atoms with Gasteiger partial charge in [-0.2, -0.15) is 0 Å². The van der Waals surface area contributed by atoms with Crippen LogP contribution in [-0.4, -0.2) is 50.0 Å². The zero-order chi connectivity index (χ0) is 14.0. The van der Waals surface area contributed by atoms with E-state index in [-0.39, 0.29) is 11.6 Å². The summed E-state index contributed by atoms with van der Waals surface area (Å²) in [5.41, 5.74) is 0.427. The molecule has 19 heavy (non-hydrogen) atoms. The molecule has 1 aromatic heterocycles. The highest BCUT2D eigenvalue weighted by molar-refractivity contribution is 5.87. The van der Waals surface area contributed by atoms with Gasteiger partial charge >= 0.3 is 5.97 Å². The van der Waals surface area contributed by atoms with Crippen molar-refractivity contribution in [3.8, 4) is 0 Å². The summed E-state index contributed by atoms with van der Waals surface area (Å²) in [5, 5.41) is 16.5. The first-order chi connectivity index (χ1) is 9.06. The topological polar surface area (TPSA) is 88.3 Å². The molecular formula is C12H18N4O3. The molecule has 0 aromatic carbocycles. The number of hydrogen-bond donors (Lipinski definition) is 1. The number of amides is 1. The number of carboxylic acids is 1. The number of aromatic nitrogens is 3. The van der Waals surface area contributed by atoms with Crippen molar-refractivity contribution in [2.24, 2.45) is 0 Å². The highest BCUT2D eigenvalue weighted by atomic mass is 16.4. The molecule has 104 valence electrons. The number of hydrogen-bond acceptors (Lipinski definition) is 4. The molecule has 1 atom stereocenters. The van der Waals surface area contributed by atoms with E-state index in [1.807, 2.05) is 6.92 Å². The van der Waals surface area contributed by atoms with Gasteiger partial charge in [0.2, 0.25) is 5.91 Å². The molecule has 1 aliphatic heterocycles. The van der Waals surface area contributed by atoms with Gasteiger partial charge in [0, 0.05) is 13.1 Å². The number of nitrogens with zero attached hydrogens (tertiary/aromatic N) is 4. The van der Waals surface area contributed by atoms with Gasteiger partial charge in [0.1, 0.15) is 6.04 Å². The van der Waals surface area contributed by atoms with Crippen molar-refractivity contribution in [3.63, 3.8) is 0 Å². The summed E-state index contributed by atoms with van der Waals surface area (Å²) in [6.07, 6.45) is 2.53. The predicted octanol–water partition coefficient (Wildman–Crippen LogP) is 0.722. The lowest BCUT2D eigenvalue weighted by Gasteiger charge is -2.21. The van der Waals surface area contributed by atoms with E-state index in [4.69, 9.17) is 5.11 Å². The monoisotopic (exact) mass is 266 g/mol. The summed E-state index contributed by atoms with van der Waals surface area (Å²) >= 11 is 0. The summed E-state index contributed by atoms with van der Waals surface area (Å²) in [6, 6.07) is -0.506. The summed E-state index contributed by atoms with van der Waals surface area (Å²) < 4.78 is 1.43. The van der Waals surface area contributed by atoms with E-state index < -0.39 is 12.0 Å². The number of rotatable bonds is 4. The molecule has 2 rings (SSSR count). The Morgan fingerprint density at radius 3 is 2.53 bits per heavy atom. The Bertz CT molecular complexity index is 491. The second-order valence-corrected chi connectivity index (χ2v) is 4.70. The zero-order valence-electron chi connectivity index (χ0n) is 11.2. The first-order valence-electron chi connectivity index (χ1n) is 6.52. The first kappa shape index (κ1) is 13.5. The number of carbonyl (C=O) groups excluding carboxylic acids is 1. The van der Waals surface area contributed by atoms with Crippen molar-refractivity contribution in [3.05, 3.63) is 11.4 Å². The number of carboxylic acid groups (broad SMARTS) is 1. The van der Waals surface area contributed by atoms with E-state index in [1.54, 1.807) is 11.8 Å². The molecule has 1 fully saturated rings. The van der Waals surface area contributed by atoms with Crippen LogP contribution in [-0.2, 0) is 11.2 Å². The molecule has 1 saturated heterocycles. The molecule has 1 unspecified atom stereocenters. The van der Waals surface area contributed by atoms with Crippen LogP contribution >= 0.6 is 0 Å². The van der Waals surface area contributed by atoms with Crippen LogP contribution in [0.3, 0.4) is 0 Å². The lowest BCUT2D eigenvalue weighted by atomic mass is 10.2. The van der Waals surface area contributed by atoms with Crippen LogP contribution in [0.1, 0.15) is 48.9 Å². The summed E-state index contributed by atoms with van der Waals surface area (Å²) in [6.45, 7) is 5.10. The SMILES string of the molecule is CCc1c(C(=O)O)nnn1C(C)C(=O)N1CCCC1. The van der Waals surface area contributed by atoms with E-state index in [1.165, 1.54) is 4.68 Å². The average Bonchev–Trinajstić information content (AvgIpc) is 3.05. The van der Waals surface area contributed by atoms with Gasteiger partial charge in [-0.05, 0) is 26.2 Å². The number of carbonyl (C=O) groups is 2. The maximum absolute atomic E-state index is 12.3. The molecule has 0 bridgehead atoms. The van der Waals surface area contributed by atoms with Crippen LogP contribution in [0, 0.1) is 0 Å². The van der Waals surface area contributed by atoms with Crippen LogP contribution in [0.4, 0.5) is 0 Å². The fourth-order valence-corrected chi connectivity index (χ4v) is 2.43. The molecule has 2 heterocycles. The third-order valence-electron chi connectivity index (χ3n) is 3.47. The van der Waals surface area contributed by atoms with Crippen molar-refractivity contribution < 1.29 is 14.7 Å². The molecule has 0 spiro atoms. The standard InChI is InChI=1S/C12H18N4O3/c1-3-9-10(12(18)19)13-14-16(9)8(2)11(17)15-6-4-5-7-15/h8H,3-7H2,1-2H3,(H,18,19). The summed E-state index contributed by atoms with van der Waals surface area (Å²) in [5.74, 6) is -1.13. The Balaban J connectivity index is 2.25. The van der Waals surface area contributed by atoms with E-state index in [0.717, 1.165) is 25.9 Å². The molecule has 0 aliphatic carbocycles. The maximum Gasteiger partial charge on any atom is 0.358 e. The molecular weight excluding hydrogens is 248 g/mol. The summed E-state index contributed by atoms with van der Waals surface area (Å²) in [7, 11) is 0. The van der Waals surface area contributed by atoms with Gasteiger partial charge in [0.15, 0.2) is 5.69 Å². The van der Waals surface area contributed by atoms with Crippen LogP contribution in [0.15, 0.2) is 0 Å². The predicted molar refractivity (Wildman–Crippen MR) is 66.9 cm³/mol. The van der Waals surface area contributed by atoms with Gasteiger partial charge < -0.3 is 10.0 Å². The fourth-order valence-electron chi connectivity index (χ4n) is 2.43. The molecule has 0 saturated carbocycles. The van der Waals surface area contributed by atoms with Crippen LogP contribution in [0.25, 0.3) is 0 Å². The van der Waals surface area contributed by atoms with E-state index >= 15 is 0 Å². The van der Waals surface area contributed by atoms with Crippen molar-refractivity contribution >= 4 is 11.9 Å². The lowest BCUT2D eigenvalue weighted by molar-refractivity contribution is -0.133. The highest BCUT2D eigenvalue weighted by Crippen LogP contribution is 2.18. The molecule has 7 heteroatoms. The second-order valence-electron chi connectivity index (χ2n) is 4.70. The van der Waals surface area contributed by atoms with Crippen molar-refractivity contribution in [1.29, 1.82) is 0 Å². The Morgan fingerprint density at radius 2 is 2.00 bits per heavy atom. The van der Waals surface area contributed by atoms with Crippen LogP contribution < -0.4 is 0 Å². The third kappa shape index (κ3) is 2.45. The minimum Gasteiger partial charge on any atom is -0.476 e. The van der Waals surface area contributed by atoms with Crippen molar-refractivity contribution in [1.82, 2.24) is 19.9 Å². The Hall–Kier alpha value is -1.92. The van der Waals surface area contributed by atoms with Crippen LogP contribution in [0.5, 0.6) is 0 Å². The summed E-state index contributed by atoms with van der Waals surface area (Å²) in [4.78, 5) is 25.1. The molecule has 1 amide bonds. The molecule has 0 radical (unpaired) electrons. The smallest absolute Gasteiger partial charge is 0.358 e.